The zero-order valence-electron chi connectivity index (χ0n) is 9.77. The minimum atomic E-state index is -0.329. The van der Waals surface area contributed by atoms with Gasteiger partial charge in [-0.25, -0.2) is 4.39 Å². The predicted molar refractivity (Wildman–Crippen MR) is 66.6 cm³/mol. The van der Waals surface area contributed by atoms with Crippen molar-refractivity contribution in [2.24, 2.45) is 0 Å². The molecule has 1 aromatic carbocycles. The van der Waals surface area contributed by atoms with E-state index in [0.717, 1.165) is 17.4 Å². The van der Waals surface area contributed by atoms with Crippen LogP contribution in [0.1, 0.15) is 21.5 Å². The van der Waals surface area contributed by atoms with Gasteiger partial charge in [-0.1, -0.05) is 24.3 Å². The lowest BCUT2D eigenvalue weighted by Gasteiger charge is -2.05. The summed E-state index contributed by atoms with van der Waals surface area (Å²) in [6.07, 6.45) is 3.63. The normalized spacial score (nSPS) is 10.3. The summed E-state index contributed by atoms with van der Waals surface area (Å²) in [5.41, 5.74) is 2.54. The van der Waals surface area contributed by atoms with Crippen LogP contribution in [0.3, 0.4) is 0 Å². The van der Waals surface area contributed by atoms with E-state index in [1.54, 1.807) is 18.3 Å². The maximum absolute atomic E-state index is 12.9. The molecule has 0 fully saturated rings. The van der Waals surface area contributed by atoms with Crippen LogP contribution in [0.2, 0.25) is 0 Å². The molecule has 0 unspecified atom stereocenters. The first kappa shape index (κ1) is 12.4. The van der Waals surface area contributed by atoms with E-state index >= 15 is 0 Å². The molecule has 1 heterocycles. The molecule has 18 heavy (non-hydrogen) atoms. The molecule has 2 aromatic rings. The summed E-state index contributed by atoms with van der Waals surface area (Å²) in [7, 11) is 0. The fourth-order valence-corrected chi connectivity index (χ4v) is 1.62. The molecule has 1 N–H and O–H groups in total. The Morgan fingerprint density at radius 1 is 1.11 bits per heavy atom. The molecule has 4 heteroatoms. The van der Waals surface area contributed by atoms with E-state index < -0.39 is 0 Å². The number of aldehydes is 1. The van der Waals surface area contributed by atoms with E-state index in [1.807, 2.05) is 12.1 Å². The zero-order valence-corrected chi connectivity index (χ0v) is 9.77. The number of benzene rings is 1. The van der Waals surface area contributed by atoms with Crippen molar-refractivity contribution in [1.29, 1.82) is 0 Å². The highest BCUT2D eigenvalue weighted by Gasteiger charge is 1.97. The molecule has 0 spiro atoms. The smallest absolute Gasteiger partial charge is 0.150 e. The SMILES string of the molecule is O=Cc1ccc(CNCc2cncc(F)c2)cc1. The lowest BCUT2D eigenvalue weighted by Crippen LogP contribution is -2.12. The summed E-state index contributed by atoms with van der Waals surface area (Å²) in [4.78, 5) is 14.3. The second-order valence-electron chi connectivity index (χ2n) is 3.97. The minimum absolute atomic E-state index is 0.329. The third-order valence-electron chi connectivity index (χ3n) is 2.54. The van der Waals surface area contributed by atoms with Crippen LogP contribution in [-0.4, -0.2) is 11.3 Å². The molecule has 0 saturated carbocycles. The van der Waals surface area contributed by atoms with Gasteiger partial charge in [0, 0.05) is 24.8 Å². The minimum Gasteiger partial charge on any atom is -0.309 e. The molecule has 92 valence electrons. The summed E-state index contributed by atoms with van der Waals surface area (Å²) < 4.78 is 12.9. The van der Waals surface area contributed by atoms with Gasteiger partial charge in [0.15, 0.2) is 0 Å². The fraction of sp³-hybridized carbons (Fsp3) is 0.143. The van der Waals surface area contributed by atoms with Gasteiger partial charge in [0.1, 0.15) is 12.1 Å². The van der Waals surface area contributed by atoms with Gasteiger partial charge in [-0.2, -0.15) is 0 Å². The van der Waals surface area contributed by atoms with E-state index in [9.17, 15) is 9.18 Å². The molecule has 0 aliphatic heterocycles. The van der Waals surface area contributed by atoms with Crippen molar-refractivity contribution < 1.29 is 9.18 Å². The number of hydrogen-bond donors (Lipinski definition) is 1. The van der Waals surface area contributed by atoms with Crippen molar-refractivity contribution >= 4 is 6.29 Å². The highest BCUT2D eigenvalue weighted by Crippen LogP contribution is 2.04. The summed E-state index contributed by atoms with van der Waals surface area (Å²) in [5, 5.41) is 3.19. The van der Waals surface area contributed by atoms with Crippen molar-refractivity contribution in [3.05, 3.63) is 65.2 Å². The number of nitrogens with zero attached hydrogens (tertiary/aromatic N) is 1. The van der Waals surface area contributed by atoms with Gasteiger partial charge in [-0.3, -0.25) is 9.78 Å². The van der Waals surface area contributed by atoms with Gasteiger partial charge in [-0.05, 0) is 17.2 Å². The van der Waals surface area contributed by atoms with Crippen LogP contribution < -0.4 is 5.32 Å². The molecule has 0 bridgehead atoms. The highest BCUT2D eigenvalue weighted by atomic mass is 19.1. The molecule has 3 nitrogen and oxygen atoms in total. The van der Waals surface area contributed by atoms with Gasteiger partial charge in [-0.15, -0.1) is 0 Å². The van der Waals surface area contributed by atoms with E-state index in [4.69, 9.17) is 0 Å². The van der Waals surface area contributed by atoms with Crippen LogP contribution in [0.5, 0.6) is 0 Å². The van der Waals surface area contributed by atoms with Crippen LogP contribution in [0.25, 0.3) is 0 Å². The average molecular weight is 244 g/mol. The van der Waals surface area contributed by atoms with Gasteiger partial charge < -0.3 is 5.32 Å². The summed E-state index contributed by atoms with van der Waals surface area (Å²) in [6, 6.07) is 8.78. The zero-order chi connectivity index (χ0) is 12.8. The number of aromatic nitrogens is 1. The van der Waals surface area contributed by atoms with E-state index in [1.165, 1.54) is 12.3 Å². The lowest BCUT2D eigenvalue weighted by atomic mass is 10.1. The van der Waals surface area contributed by atoms with Crippen LogP contribution in [0.15, 0.2) is 42.7 Å². The maximum atomic E-state index is 12.9. The number of nitrogens with one attached hydrogen (secondary N) is 1. The van der Waals surface area contributed by atoms with Crippen molar-refractivity contribution in [2.75, 3.05) is 0 Å². The number of pyridine rings is 1. The first-order valence-electron chi connectivity index (χ1n) is 5.62. The Balaban J connectivity index is 1.86. The number of carbonyl (C=O) groups excluding carboxylic acids is 1. The van der Waals surface area contributed by atoms with Crippen molar-refractivity contribution in [2.45, 2.75) is 13.1 Å². The van der Waals surface area contributed by atoms with Crippen molar-refractivity contribution in [3.8, 4) is 0 Å². The van der Waals surface area contributed by atoms with Crippen molar-refractivity contribution in [3.63, 3.8) is 0 Å². The third-order valence-corrected chi connectivity index (χ3v) is 2.54. The molecule has 0 aliphatic carbocycles. The first-order valence-corrected chi connectivity index (χ1v) is 5.62. The second kappa shape index (κ2) is 6.02. The summed E-state index contributed by atoms with van der Waals surface area (Å²) in [5.74, 6) is -0.329. The second-order valence-corrected chi connectivity index (χ2v) is 3.97. The number of rotatable bonds is 5. The summed E-state index contributed by atoms with van der Waals surface area (Å²) in [6.45, 7) is 1.22. The van der Waals surface area contributed by atoms with Crippen LogP contribution in [0.4, 0.5) is 4.39 Å². The Bertz CT molecular complexity index is 526. The van der Waals surface area contributed by atoms with Gasteiger partial charge in [0.05, 0.1) is 6.20 Å². The van der Waals surface area contributed by atoms with Gasteiger partial charge in [0.25, 0.3) is 0 Å². The topological polar surface area (TPSA) is 42.0 Å². The Morgan fingerprint density at radius 3 is 2.50 bits per heavy atom. The Labute approximate surface area is 105 Å². The Hall–Kier alpha value is -2.07. The Kier molecular flexibility index (Phi) is 4.15. The number of carbonyl (C=O) groups is 1. The largest absolute Gasteiger partial charge is 0.309 e. The van der Waals surface area contributed by atoms with Crippen LogP contribution in [-0.2, 0) is 13.1 Å². The maximum Gasteiger partial charge on any atom is 0.150 e. The molecular weight excluding hydrogens is 231 g/mol. The molecule has 0 atom stereocenters. The Morgan fingerprint density at radius 2 is 1.83 bits per heavy atom. The van der Waals surface area contributed by atoms with Gasteiger partial charge in [0.2, 0.25) is 0 Å². The number of hydrogen-bond acceptors (Lipinski definition) is 3. The lowest BCUT2D eigenvalue weighted by molar-refractivity contribution is 0.112. The van der Waals surface area contributed by atoms with E-state index in [0.29, 0.717) is 18.7 Å². The fourth-order valence-electron chi connectivity index (χ4n) is 1.62. The number of halogens is 1. The summed E-state index contributed by atoms with van der Waals surface area (Å²) >= 11 is 0. The first-order chi connectivity index (χ1) is 8.78. The standard InChI is InChI=1S/C14H13FN2O/c15-14-5-13(8-17-9-14)7-16-6-11-1-3-12(10-18)4-2-11/h1-5,8-10,16H,6-7H2. The van der Waals surface area contributed by atoms with E-state index in [2.05, 4.69) is 10.3 Å². The monoisotopic (exact) mass is 244 g/mol. The highest BCUT2D eigenvalue weighted by molar-refractivity contribution is 5.74. The average Bonchev–Trinajstić information content (AvgIpc) is 2.40. The van der Waals surface area contributed by atoms with Gasteiger partial charge >= 0.3 is 0 Å². The molecule has 0 aliphatic rings. The quantitative estimate of drug-likeness (QED) is 0.821. The third kappa shape index (κ3) is 3.46. The molecular formula is C14H13FN2O. The molecule has 0 saturated heterocycles. The molecule has 2 rings (SSSR count). The van der Waals surface area contributed by atoms with Crippen molar-refractivity contribution in [1.82, 2.24) is 10.3 Å². The predicted octanol–water partition coefficient (Wildman–Crippen LogP) is 2.32. The van der Waals surface area contributed by atoms with E-state index in [-0.39, 0.29) is 5.82 Å². The molecule has 0 radical (unpaired) electrons. The van der Waals surface area contributed by atoms with Crippen LogP contribution in [0, 0.1) is 5.82 Å². The molecule has 1 aromatic heterocycles. The van der Waals surface area contributed by atoms with Crippen LogP contribution >= 0.6 is 0 Å². The molecule has 0 amide bonds.